The lowest BCUT2D eigenvalue weighted by Gasteiger charge is -2.33. The molecule has 3 nitrogen and oxygen atoms in total. The first-order chi connectivity index (χ1) is 7.81. The molecule has 0 N–H and O–H groups in total. The third-order valence-electron chi connectivity index (χ3n) is 3.35. The summed E-state index contributed by atoms with van der Waals surface area (Å²) in [6.07, 6.45) is 4.94. The average molecular weight is 241 g/mol. The van der Waals surface area contributed by atoms with Gasteiger partial charge in [-0.3, -0.25) is 9.69 Å². The Labute approximate surface area is 106 Å². The Hall–Kier alpha value is -0.570. The maximum atomic E-state index is 12.1. The fraction of sp³-hybridized carbons (Fsp3) is 0.929. The molecule has 0 amide bonds. The number of ether oxygens (including phenoxy) is 1. The second-order valence-electron chi connectivity index (χ2n) is 6.15. The van der Waals surface area contributed by atoms with Gasteiger partial charge in [-0.1, -0.05) is 12.8 Å². The average Bonchev–Trinajstić information content (AvgIpc) is 2.39. The van der Waals surface area contributed by atoms with Crippen molar-refractivity contribution < 1.29 is 9.53 Å². The molecule has 2 unspecified atom stereocenters. The molecule has 0 radical (unpaired) electrons. The second kappa shape index (κ2) is 5.85. The van der Waals surface area contributed by atoms with Crippen molar-refractivity contribution in [2.75, 3.05) is 6.54 Å². The van der Waals surface area contributed by atoms with Gasteiger partial charge in [0.2, 0.25) is 0 Å². The van der Waals surface area contributed by atoms with Crippen molar-refractivity contribution in [2.45, 2.75) is 78.0 Å². The lowest BCUT2D eigenvalue weighted by atomic mass is 10.1. The summed E-state index contributed by atoms with van der Waals surface area (Å²) in [5.41, 5.74) is -0.388. The van der Waals surface area contributed by atoms with Gasteiger partial charge in [0, 0.05) is 6.04 Å². The molecule has 0 aromatic heterocycles. The summed E-state index contributed by atoms with van der Waals surface area (Å²) in [7, 11) is 0. The highest BCUT2D eigenvalue weighted by atomic mass is 16.6. The molecule has 1 heterocycles. The molecule has 100 valence electrons. The first-order valence-electron chi connectivity index (χ1n) is 6.80. The Bertz CT molecular complexity index is 257. The first kappa shape index (κ1) is 14.5. The van der Waals surface area contributed by atoms with Gasteiger partial charge in [-0.15, -0.1) is 0 Å². The van der Waals surface area contributed by atoms with Crippen molar-refractivity contribution in [1.82, 2.24) is 4.90 Å². The summed E-state index contributed by atoms with van der Waals surface area (Å²) in [5.74, 6) is -0.0914. The Kier molecular flexibility index (Phi) is 4.99. The standard InChI is InChI=1S/C14H27NO2/c1-11-9-7-6-8-10-15(11)12(2)13(16)17-14(3,4)5/h11-12H,6-10H2,1-5H3. The molecular weight excluding hydrogens is 214 g/mol. The predicted octanol–water partition coefficient (Wildman–Crippen LogP) is 2.98. The van der Waals surface area contributed by atoms with Crippen molar-refractivity contribution in [3.8, 4) is 0 Å². The van der Waals surface area contributed by atoms with E-state index >= 15 is 0 Å². The van der Waals surface area contributed by atoms with E-state index in [1.54, 1.807) is 0 Å². The summed E-state index contributed by atoms with van der Waals surface area (Å²) in [6, 6.07) is 0.363. The number of esters is 1. The number of hydrogen-bond donors (Lipinski definition) is 0. The molecule has 0 spiro atoms. The molecule has 0 saturated carbocycles. The van der Waals surface area contributed by atoms with Gasteiger partial charge in [-0.25, -0.2) is 0 Å². The van der Waals surface area contributed by atoms with Crippen molar-refractivity contribution in [3.63, 3.8) is 0 Å². The SMILES string of the molecule is CC1CCCCCN1C(C)C(=O)OC(C)(C)C. The van der Waals surface area contributed by atoms with E-state index in [0.29, 0.717) is 6.04 Å². The van der Waals surface area contributed by atoms with Crippen LogP contribution in [0.25, 0.3) is 0 Å². The van der Waals surface area contributed by atoms with Gasteiger partial charge in [0.15, 0.2) is 0 Å². The van der Waals surface area contributed by atoms with E-state index in [2.05, 4.69) is 11.8 Å². The van der Waals surface area contributed by atoms with Gasteiger partial charge in [0.25, 0.3) is 0 Å². The van der Waals surface area contributed by atoms with Crippen LogP contribution in [-0.4, -0.2) is 35.1 Å². The van der Waals surface area contributed by atoms with E-state index in [0.717, 1.165) is 6.54 Å². The highest BCUT2D eigenvalue weighted by Gasteiger charge is 2.29. The van der Waals surface area contributed by atoms with Crippen LogP contribution in [0.2, 0.25) is 0 Å². The molecule has 0 aromatic carbocycles. The van der Waals surface area contributed by atoms with Crippen molar-refractivity contribution in [2.24, 2.45) is 0 Å². The number of carbonyl (C=O) groups excluding carboxylic acids is 1. The third-order valence-corrected chi connectivity index (χ3v) is 3.35. The van der Waals surface area contributed by atoms with Crippen LogP contribution < -0.4 is 0 Å². The molecule has 0 aliphatic carbocycles. The fourth-order valence-corrected chi connectivity index (χ4v) is 2.39. The summed E-state index contributed by atoms with van der Waals surface area (Å²) in [6.45, 7) is 11.0. The highest BCUT2D eigenvalue weighted by Crippen LogP contribution is 2.20. The van der Waals surface area contributed by atoms with E-state index in [-0.39, 0.29) is 17.6 Å². The largest absolute Gasteiger partial charge is 0.459 e. The maximum absolute atomic E-state index is 12.1. The summed E-state index contributed by atoms with van der Waals surface area (Å²) in [5, 5.41) is 0. The number of nitrogens with zero attached hydrogens (tertiary/aromatic N) is 1. The number of carbonyl (C=O) groups is 1. The van der Waals surface area contributed by atoms with Gasteiger partial charge in [0.05, 0.1) is 0 Å². The molecule has 3 heteroatoms. The minimum atomic E-state index is -0.388. The minimum Gasteiger partial charge on any atom is -0.459 e. The zero-order valence-corrected chi connectivity index (χ0v) is 12.0. The van der Waals surface area contributed by atoms with Crippen LogP contribution in [0, 0.1) is 0 Å². The Morgan fingerprint density at radius 1 is 1.29 bits per heavy atom. The van der Waals surface area contributed by atoms with Crippen LogP contribution in [-0.2, 0) is 9.53 Å². The van der Waals surface area contributed by atoms with Crippen LogP contribution in [0.15, 0.2) is 0 Å². The van der Waals surface area contributed by atoms with Gasteiger partial charge in [0.1, 0.15) is 11.6 Å². The summed E-state index contributed by atoms with van der Waals surface area (Å²) in [4.78, 5) is 14.3. The Morgan fingerprint density at radius 2 is 1.94 bits per heavy atom. The highest BCUT2D eigenvalue weighted by molar-refractivity contribution is 5.75. The molecule has 1 rings (SSSR count). The van der Waals surface area contributed by atoms with E-state index in [4.69, 9.17) is 4.74 Å². The Balaban J connectivity index is 2.60. The third kappa shape index (κ3) is 4.66. The zero-order valence-electron chi connectivity index (χ0n) is 12.0. The molecule has 1 aliphatic rings. The first-order valence-corrected chi connectivity index (χ1v) is 6.80. The second-order valence-corrected chi connectivity index (χ2v) is 6.15. The maximum Gasteiger partial charge on any atom is 0.323 e. The van der Waals surface area contributed by atoms with Gasteiger partial charge < -0.3 is 4.74 Å². The van der Waals surface area contributed by atoms with Crippen LogP contribution in [0.1, 0.15) is 60.3 Å². The lowest BCUT2D eigenvalue weighted by molar-refractivity contribution is -0.161. The van der Waals surface area contributed by atoms with Crippen molar-refractivity contribution in [3.05, 3.63) is 0 Å². The number of hydrogen-bond acceptors (Lipinski definition) is 3. The normalized spacial score (nSPS) is 25.1. The van der Waals surface area contributed by atoms with Crippen LogP contribution in [0.3, 0.4) is 0 Å². The van der Waals surface area contributed by atoms with E-state index in [1.807, 2.05) is 27.7 Å². The van der Waals surface area contributed by atoms with E-state index in [1.165, 1.54) is 25.7 Å². The molecule has 2 atom stereocenters. The van der Waals surface area contributed by atoms with Gasteiger partial charge >= 0.3 is 5.97 Å². The summed E-state index contributed by atoms with van der Waals surface area (Å²) >= 11 is 0. The Morgan fingerprint density at radius 3 is 2.53 bits per heavy atom. The molecule has 1 saturated heterocycles. The number of rotatable bonds is 2. The fourth-order valence-electron chi connectivity index (χ4n) is 2.39. The molecule has 0 bridgehead atoms. The minimum absolute atomic E-state index is 0.0914. The van der Waals surface area contributed by atoms with Crippen molar-refractivity contribution >= 4 is 5.97 Å². The topological polar surface area (TPSA) is 29.5 Å². The van der Waals surface area contributed by atoms with Gasteiger partial charge in [-0.2, -0.15) is 0 Å². The molecule has 1 aliphatic heterocycles. The van der Waals surface area contributed by atoms with Crippen LogP contribution in [0.4, 0.5) is 0 Å². The molecule has 17 heavy (non-hydrogen) atoms. The lowest BCUT2D eigenvalue weighted by Crippen LogP contribution is -2.46. The molecule has 1 fully saturated rings. The molecule has 0 aromatic rings. The quantitative estimate of drug-likeness (QED) is 0.696. The monoisotopic (exact) mass is 241 g/mol. The van der Waals surface area contributed by atoms with Crippen molar-refractivity contribution in [1.29, 1.82) is 0 Å². The summed E-state index contributed by atoms with van der Waals surface area (Å²) < 4.78 is 5.46. The van der Waals surface area contributed by atoms with Crippen LogP contribution >= 0.6 is 0 Å². The van der Waals surface area contributed by atoms with E-state index < -0.39 is 0 Å². The molecular formula is C14H27NO2. The predicted molar refractivity (Wildman–Crippen MR) is 69.9 cm³/mol. The van der Waals surface area contributed by atoms with Crippen LogP contribution in [0.5, 0.6) is 0 Å². The smallest absolute Gasteiger partial charge is 0.323 e. The van der Waals surface area contributed by atoms with E-state index in [9.17, 15) is 4.79 Å². The van der Waals surface area contributed by atoms with Gasteiger partial charge in [-0.05, 0) is 54.0 Å². The zero-order chi connectivity index (χ0) is 13.1. The number of likely N-dealkylation sites (tertiary alicyclic amines) is 1.